The summed E-state index contributed by atoms with van der Waals surface area (Å²) in [6, 6.07) is 5.70. The summed E-state index contributed by atoms with van der Waals surface area (Å²) < 4.78 is 0. The normalized spacial score (nSPS) is 28.9. The summed E-state index contributed by atoms with van der Waals surface area (Å²) in [4.78, 5) is 4.23. The second kappa shape index (κ2) is 4.82. The molecule has 0 amide bonds. The summed E-state index contributed by atoms with van der Waals surface area (Å²) in [5, 5.41) is 12.1. The molecule has 4 heteroatoms. The van der Waals surface area contributed by atoms with Gasteiger partial charge in [0.2, 0.25) is 0 Å². The number of hydrogen-bond acceptors (Lipinski definition) is 4. The van der Waals surface area contributed by atoms with Gasteiger partial charge in [-0.3, -0.25) is 0 Å². The highest BCUT2D eigenvalue weighted by atomic mass is 15.0. The van der Waals surface area contributed by atoms with Crippen molar-refractivity contribution in [1.29, 1.82) is 5.26 Å². The van der Waals surface area contributed by atoms with Gasteiger partial charge in [-0.25, -0.2) is 4.98 Å². The van der Waals surface area contributed by atoms with Crippen molar-refractivity contribution in [3.8, 4) is 6.07 Å². The molecule has 0 radical (unpaired) electrons. The van der Waals surface area contributed by atoms with Gasteiger partial charge in [0.1, 0.15) is 11.9 Å². The van der Waals surface area contributed by atoms with E-state index in [-0.39, 0.29) is 11.0 Å². The molecular weight excluding hydrogens is 236 g/mol. The van der Waals surface area contributed by atoms with Crippen LogP contribution < -0.4 is 11.1 Å². The number of rotatable bonds is 3. The number of anilines is 1. The SMILES string of the molecule is CC1(C)[C@@H](CNc2ccc(C#N)cn2)CC[C@@]1(C)N. The zero-order valence-electron chi connectivity index (χ0n) is 11.9. The van der Waals surface area contributed by atoms with Crippen LogP contribution >= 0.6 is 0 Å². The lowest BCUT2D eigenvalue weighted by Gasteiger charge is -2.39. The standard InChI is InChI=1S/C15H22N4/c1-14(2)12(6-7-15(14,3)17)10-19-13-5-4-11(8-16)9-18-13/h4-5,9,12H,6-7,10,17H2,1-3H3,(H,18,19)/t12-,15-/m1/s1. The summed E-state index contributed by atoms with van der Waals surface area (Å²) in [6.07, 6.45) is 3.80. The molecule has 4 nitrogen and oxygen atoms in total. The Kier molecular flexibility index (Phi) is 3.51. The van der Waals surface area contributed by atoms with Crippen LogP contribution in [-0.4, -0.2) is 17.1 Å². The number of nitrogens with zero attached hydrogens (tertiary/aromatic N) is 2. The van der Waals surface area contributed by atoms with Crippen LogP contribution in [0.5, 0.6) is 0 Å². The van der Waals surface area contributed by atoms with Crippen molar-refractivity contribution in [2.75, 3.05) is 11.9 Å². The number of nitrogens with two attached hydrogens (primary N) is 1. The van der Waals surface area contributed by atoms with E-state index in [9.17, 15) is 0 Å². The van der Waals surface area contributed by atoms with Gasteiger partial charge in [0.15, 0.2) is 0 Å². The number of nitrogens with one attached hydrogen (secondary N) is 1. The summed E-state index contributed by atoms with van der Waals surface area (Å²) >= 11 is 0. The van der Waals surface area contributed by atoms with Crippen molar-refractivity contribution in [2.45, 2.75) is 39.2 Å². The molecule has 0 aromatic carbocycles. The molecule has 2 rings (SSSR count). The molecule has 0 unspecified atom stereocenters. The zero-order chi connectivity index (χ0) is 14.1. The van der Waals surface area contributed by atoms with Crippen LogP contribution in [0, 0.1) is 22.7 Å². The van der Waals surface area contributed by atoms with Gasteiger partial charge < -0.3 is 11.1 Å². The van der Waals surface area contributed by atoms with Gasteiger partial charge in [0.05, 0.1) is 5.56 Å². The minimum atomic E-state index is -0.0998. The first kappa shape index (κ1) is 13.8. The molecule has 102 valence electrons. The molecular formula is C15H22N4. The van der Waals surface area contributed by atoms with Gasteiger partial charge >= 0.3 is 0 Å². The Morgan fingerprint density at radius 1 is 1.47 bits per heavy atom. The van der Waals surface area contributed by atoms with Crippen molar-refractivity contribution in [2.24, 2.45) is 17.1 Å². The summed E-state index contributed by atoms with van der Waals surface area (Å²) in [7, 11) is 0. The largest absolute Gasteiger partial charge is 0.370 e. The fourth-order valence-corrected chi connectivity index (χ4v) is 2.77. The zero-order valence-corrected chi connectivity index (χ0v) is 11.9. The van der Waals surface area contributed by atoms with Crippen LogP contribution in [0.3, 0.4) is 0 Å². The van der Waals surface area contributed by atoms with E-state index in [2.05, 4.69) is 37.1 Å². The third-order valence-electron chi connectivity index (χ3n) is 4.93. The van der Waals surface area contributed by atoms with E-state index in [1.54, 1.807) is 12.3 Å². The van der Waals surface area contributed by atoms with Gasteiger partial charge in [-0.2, -0.15) is 5.26 Å². The highest BCUT2D eigenvalue weighted by Crippen LogP contribution is 2.48. The molecule has 1 fully saturated rings. The molecule has 19 heavy (non-hydrogen) atoms. The van der Waals surface area contributed by atoms with Crippen LogP contribution in [0.2, 0.25) is 0 Å². The summed E-state index contributed by atoms with van der Waals surface area (Å²) in [5.41, 5.74) is 6.98. The molecule has 1 aromatic rings. The van der Waals surface area contributed by atoms with Gasteiger partial charge in [-0.05, 0) is 43.2 Å². The summed E-state index contributed by atoms with van der Waals surface area (Å²) in [6.45, 7) is 7.52. The number of hydrogen-bond donors (Lipinski definition) is 2. The number of aromatic nitrogens is 1. The smallest absolute Gasteiger partial charge is 0.125 e. The van der Waals surface area contributed by atoms with Crippen LogP contribution in [0.25, 0.3) is 0 Å². The van der Waals surface area contributed by atoms with Gasteiger partial charge in [-0.1, -0.05) is 13.8 Å². The Bertz CT molecular complexity index is 482. The minimum Gasteiger partial charge on any atom is -0.370 e. The van der Waals surface area contributed by atoms with Crippen molar-refractivity contribution in [3.05, 3.63) is 23.9 Å². The molecule has 0 bridgehead atoms. The second-order valence-electron chi connectivity index (χ2n) is 6.30. The van der Waals surface area contributed by atoms with E-state index >= 15 is 0 Å². The van der Waals surface area contributed by atoms with Gasteiger partial charge in [-0.15, -0.1) is 0 Å². The lowest BCUT2D eigenvalue weighted by Crippen LogP contribution is -2.49. The quantitative estimate of drug-likeness (QED) is 0.873. The molecule has 1 aliphatic carbocycles. The maximum absolute atomic E-state index is 8.73. The lowest BCUT2D eigenvalue weighted by atomic mass is 9.72. The average molecular weight is 258 g/mol. The maximum atomic E-state index is 8.73. The predicted octanol–water partition coefficient (Wildman–Crippen LogP) is 2.52. The number of nitriles is 1. The third-order valence-corrected chi connectivity index (χ3v) is 4.93. The topological polar surface area (TPSA) is 74.7 Å². The Morgan fingerprint density at radius 2 is 2.21 bits per heavy atom. The maximum Gasteiger partial charge on any atom is 0.125 e. The Balaban J connectivity index is 1.98. The van der Waals surface area contributed by atoms with E-state index in [1.807, 2.05) is 6.07 Å². The molecule has 1 aliphatic rings. The first-order chi connectivity index (χ1) is 8.87. The van der Waals surface area contributed by atoms with Gasteiger partial charge in [0, 0.05) is 18.3 Å². The monoisotopic (exact) mass is 258 g/mol. The predicted molar refractivity (Wildman–Crippen MR) is 76.5 cm³/mol. The molecule has 0 spiro atoms. The van der Waals surface area contributed by atoms with E-state index in [0.29, 0.717) is 11.5 Å². The fraction of sp³-hybridized carbons (Fsp3) is 0.600. The Morgan fingerprint density at radius 3 is 2.68 bits per heavy atom. The van der Waals surface area contributed by atoms with Crippen LogP contribution in [0.15, 0.2) is 18.3 Å². The van der Waals surface area contributed by atoms with Gasteiger partial charge in [0.25, 0.3) is 0 Å². The van der Waals surface area contributed by atoms with Crippen molar-refractivity contribution < 1.29 is 0 Å². The fourth-order valence-electron chi connectivity index (χ4n) is 2.77. The summed E-state index contributed by atoms with van der Waals surface area (Å²) in [5.74, 6) is 1.36. The Hall–Kier alpha value is -1.60. The van der Waals surface area contributed by atoms with Crippen LogP contribution in [0.4, 0.5) is 5.82 Å². The molecule has 3 N–H and O–H groups in total. The average Bonchev–Trinajstić information content (AvgIpc) is 2.58. The first-order valence-electron chi connectivity index (χ1n) is 6.76. The van der Waals surface area contributed by atoms with E-state index in [4.69, 9.17) is 11.0 Å². The third kappa shape index (κ3) is 2.57. The van der Waals surface area contributed by atoms with E-state index < -0.39 is 0 Å². The molecule has 2 atom stereocenters. The highest BCUT2D eigenvalue weighted by Gasteiger charge is 2.48. The van der Waals surface area contributed by atoms with E-state index in [0.717, 1.165) is 25.2 Å². The van der Waals surface area contributed by atoms with Crippen LogP contribution in [-0.2, 0) is 0 Å². The van der Waals surface area contributed by atoms with E-state index in [1.165, 1.54) is 0 Å². The molecule has 1 aromatic heterocycles. The van der Waals surface area contributed by atoms with Crippen LogP contribution in [0.1, 0.15) is 39.2 Å². The minimum absolute atomic E-state index is 0.0998. The highest BCUT2D eigenvalue weighted by molar-refractivity contribution is 5.39. The van der Waals surface area contributed by atoms with Crippen molar-refractivity contribution in [1.82, 2.24) is 4.98 Å². The number of pyridine rings is 1. The lowest BCUT2D eigenvalue weighted by molar-refractivity contribution is 0.172. The first-order valence-corrected chi connectivity index (χ1v) is 6.76. The molecule has 0 aliphatic heterocycles. The van der Waals surface area contributed by atoms with Crippen molar-refractivity contribution >= 4 is 5.82 Å². The Labute approximate surface area is 115 Å². The second-order valence-corrected chi connectivity index (χ2v) is 6.30. The van der Waals surface area contributed by atoms with Crippen molar-refractivity contribution in [3.63, 3.8) is 0 Å². The molecule has 1 saturated carbocycles. The molecule has 1 heterocycles. The molecule has 0 saturated heterocycles.